The van der Waals surface area contributed by atoms with Crippen molar-refractivity contribution in [2.24, 2.45) is 0 Å². The number of nitrogens with zero attached hydrogens (tertiary/aromatic N) is 4. The molecule has 0 bridgehead atoms. The quantitative estimate of drug-likeness (QED) is 0.124. The molecule has 2 aliphatic rings. The third-order valence-electron chi connectivity index (χ3n) is 11.4. The van der Waals surface area contributed by atoms with E-state index >= 15 is 0 Å². The molecule has 2 saturated heterocycles. The largest absolute Gasteiger partial charge is 0.433 e. The van der Waals surface area contributed by atoms with Crippen molar-refractivity contribution >= 4 is 53.7 Å². The van der Waals surface area contributed by atoms with Crippen LogP contribution in [0.15, 0.2) is 63.6 Å². The number of aryl methyl sites for hydroxylation is 4. The second-order valence-corrected chi connectivity index (χ2v) is 21.0. The minimum absolute atomic E-state index is 0.00343. The zero-order valence-corrected chi connectivity index (χ0v) is 36.9. The monoisotopic (exact) mass is 898 g/mol. The van der Waals surface area contributed by atoms with Crippen LogP contribution in [-0.2, 0) is 26.1 Å². The van der Waals surface area contributed by atoms with E-state index in [4.69, 9.17) is 31.4 Å². The maximum atomic E-state index is 12.6. The molecule has 5 heterocycles. The maximum Gasteiger partial charge on any atom is 0.387 e. The van der Waals surface area contributed by atoms with Crippen LogP contribution >= 0.6 is 11.6 Å². The summed E-state index contributed by atoms with van der Waals surface area (Å²) >= 11 is 6.19. The number of benzene rings is 3. The Morgan fingerprint density at radius 1 is 0.836 bits per heavy atom. The molecule has 3 aromatic heterocycles. The van der Waals surface area contributed by atoms with E-state index in [1.165, 1.54) is 6.07 Å². The van der Waals surface area contributed by atoms with Gasteiger partial charge >= 0.3 is 6.61 Å². The third kappa shape index (κ3) is 10.0. The number of fused-ring (bicyclic) bond motifs is 1. The molecule has 3 N–H and O–H groups in total. The van der Waals surface area contributed by atoms with Crippen LogP contribution in [0, 0.1) is 27.7 Å². The SMILES string of the molecule is Cc1noc(C)c1-c1ccc(NC2CCS(=O)(=O)CC2)c(N)c1.Cc1noc(C)c1-c1ccc2c(c1)nc(C(C)Cc1ccc(OC(F)F)c(Cl)c1)n2C1CCS(=O)(=O)CC1. The molecule has 0 radical (unpaired) electrons. The Morgan fingerprint density at radius 3 is 1.95 bits per heavy atom. The van der Waals surface area contributed by atoms with Gasteiger partial charge in [0.1, 0.15) is 42.8 Å². The normalized spacial score (nSPS) is 17.3. The molecular formula is C43H49ClF2N6O7S2. The van der Waals surface area contributed by atoms with Gasteiger partial charge in [0.2, 0.25) is 0 Å². The second kappa shape index (κ2) is 17.8. The number of alkyl halides is 2. The molecule has 326 valence electrons. The van der Waals surface area contributed by atoms with Crippen molar-refractivity contribution < 1.29 is 39.4 Å². The Morgan fingerprint density at radius 2 is 1.41 bits per heavy atom. The van der Waals surface area contributed by atoms with Crippen molar-refractivity contribution in [2.75, 3.05) is 34.1 Å². The predicted molar refractivity (Wildman–Crippen MR) is 233 cm³/mol. The van der Waals surface area contributed by atoms with Crippen LogP contribution in [0.1, 0.15) is 78.9 Å². The van der Waals surface area contributed by atoms with E-state index in [9.17, 15) is 25.6 Å². The highest BCUT2D eigenvalue weighted by Crippen LogP contribution is 2.38. The summed E-state index contributed by atoms with van der Waals surface area (Å²) in [7, 11) is -5.89. The van der Waals surface area contributed by atoms with E-state index < -0.39 is 26.3 Å². The fourth-order valence-corrected chi connectivity index (χ4v) is 11.5. The van der Waals surface area contributed by atoms with Crippen LogP contribution in [-0.4, -0.2) is 72.4 Å². The van der Waals surface area contributed by atoms with Crippen LogP contribution in [0.5, 0.6) is 5.75 Å². The number of halogens is 3. The van der Waals surface area contributed by atoms with Crippen molar-refractivity contribution in [3.63, 3.8) is 0 Å². The lowest BCUT2D eigenvalue weighted by Crippen LogP contribution is -2.32. The molecule has 3 aromatic carbocycles. The molecule has 6 aromatic rings. The van der Waals surface area contributed by atoms with Gasteiger partial charge in [-0.3, -0.25) is 0 Å². The van der Waals surface area contributed by atoms with Crippen molar-refractivity contribution in [3.8, 4) is 28.0 Å². The van der Waals surface area contributed by atoms with Crippen LogP contribution in [0.3, 0.4) is 0 Å². The Balaban J connectivity index is 0.000000208. The lowest BCUT2D eigenvalue weighted by Gasteiger charge is -2.27. The molecule has 0 saturated carbocycles. The topological polar surface area (TPSA) is 185 Å². The molecule has 13 nitrogen and oxygen atoms in total. The number of nitrogen functional groups attached to an aromatic ring is 1. The van der Waals surface area contributed by atoms with Gasteiger partial charge in [0.05, 0.1) is 61.8 Å². The number of imidazole rings is 1. The van der Waals surface area contributed by atoms with Gasteiger partial charge in [0.15, 0.2) is 0 Å². The van der Waals surface area contributed by atoms with Gasteiger partial charge in [-0.1, -0.05) is 47.0 Å². The predicted octanol–water partition coefficient (Wildman–Crippen LogP) is 9.19. The molecule has 0 amide bonds. The highest BCUT2D eigenvalue weighted by molar-refractivity contribution is 7.91. The molecule has 18 heteroatoms. The molecule has 0 aliphatic carbocycles. The van der Waals surface area contributed by atoms with Gasteiger partial charge in [0, 0.05) is 29.1 Å². The first kappa shape index (κ1) is 44.1. The summed E-state index contributed by atoms with van der Waals surface area (Å²) in [6, 6.07) is 16.8. The number of ether oxygens (including phenoxy) is 1. The molecule has 1 atom stereocenters. The third-order valence-corrected chi connectivity index (χ3v) is 15.1. The van der Waals surface area contributed by atoms with Crippen molar-refractivity contribution in [3.05, 3.63) is 93.9 Å². The summed E-state index contributed by atoms with van der Waals surface area (Å²) in [4.78, 5) is 5.04. The van der Waals surface area contributed by atoms with E-state index in [-0.39, 0.29) is 51.8 Å². The summed E-state index contributed by atoms with van der Waals surface area (Å²) < 4.78 is 89.7. The average Bonchev–Trinajstić information content (AvgIpc) is 3.86. The Hall–Kier alpha value is -5.00. The maximum absolute atomic E-state index is 12.6. The average molecular weight is 899 g/mol. The fraction of sp³-hybridized carbons (Fsp3) is 0.419. The number of hydrogen-bond donors (Lipinski definition) is 2. The van der Waals surface area contributed by atoms with E-state index in [2.05, 4.69) is 24.9 Å². The zero-order chi connectivity index (χ0) is 43.8. The number of nitrogens with one attached hydrogen (secondary N) is 1. The number of rotatable bonds is 10. The van der Waals surface area contributed by atoms with Crippen molar-refractivity contribution in [1.82, 2.24) is 19.9 Å². The van der Waals surface area contributed by atoms with E-state index in [1.807, 2.05) is 71.0 Å². The number of sulfone groups is 2. The molecule has 8 rings (SSSR count). The lowest BCUT2D eigenvalue weighted by atomic mass is 9.99. The van der Waals surface area contributed by atoms with Gasteiger partial charge in [-0.15, -0.1) is 0 Å². The van der Waals surface area contributed by atoms with E-state index in [0.717, 1.165) is 73.3 Å². The smallest absolute Gasteiger partial charge is 0.387 e. The van der Waals surface area contributed by atoms with E-state index in [0.29, 0.717) is 37.8 Å². The van der Waals surface area contributed by atoms with Crippen LogP contribution < -0.4 is 15.8 Å². The Labute approximate surface area is 358 Å². The van der Waals surface area contributed by atoms with Gasteiger partial charge in [-0.2, -0.15) is 8.78 Å². The number of anilines is 2. The van der Waals surface area contributed by atoms with Crippen molar-refractivity contribution in [2.45, 2.75) is 91.3 Å². The highest BCUT2D eigenvalue weighted by atomic mass is 35.5. The fourth-order valence-electron chi connectivity index (χ4n) is 8.34. The van der Waals surface area contributed by atoms with Crippen molar-refractivity contribution in [1.29, 1.82) is 0 Å². The van der Waals surface area contributed by atoms with Gasteiger partial charge in [-0.05, 0) is 113 Å². The zero-order valence-electron chi connectivity index (χ0n) is 34.5. The summed E-state index contributed by atoms with van der Waals surface area (Å²) in [5.74, 6) is 2.95. The summed E-state index contributed by atoms with van der Waals surface area (Å²) in [5, 5.41) is 11.5. The first-order chi connectivity index (χ1) is 28.9. The second-order valence-electron chi connectivity index (χ2n) is 15.9. The standard InChI is InChI=1S/C27H28ClF2N3O4S.C16H21N3O3S/c1-15(12-18-4-7-24(21(28)13-18)36-27(29)30)26-31-22-14-19(25-16(2)32-37-17(25)3)5-6-23(22)33(26)20-8-10-38(34,35)11-9-20;1-10-16(11(2)22-19-10)12-3-4-15(14(17)9-12)18-13-5-7-23(20,21)8-6-13/h4-7,13-15,20,27H,8-12H2,1-3H3;3-4,9,13,18H,5-8,17H2,1-2H3. The van der Waals surface area contributed by atoms with Crippen LogP contribution in [0.25, 0.3) is 33.3 Å². The molecule has 2 aliphatic heterocycles. The minimum Gasteiger partial charge on any atom is -0.433 e. The van der Waals surface area contributed by atoms with E-state index in [1.54, 1.807) is 12.1 Å². The first-order valence-corrected chi connectivity index (χ1v) is 24.1. The summed E-state index contributed by atoms with van der Waals surface area (Å²) in [6.07, 6.45) is 2.83. The summed E-state index contributed by atoms with van der Waals surface area (Å²) in [5.41, 5.74) is 15.7. The molecule has 61 heavy (non-hydrogen) atoms. The Kier molecular flexibility index (Phi) is 12.8. The molecular weight excluding hydrogens is 850 g/mol. The van der Waals surface area contributed by atoms with Gasteiger partial charge in [-0.25, -0.2) is 21.8 Å². The number of nitrogens with two attached hydrogens (primary N) is 1. The number of hydrogen-bond acceptors (Lipinski definition) is 12. The lowest BCUT2D eigenvalue weighted by molar-refractivity contribution is -0.0498. The molecule has 1 unspecified atom stereocenters. The first-order valence-electron chi connectivity index (χ1n) is 20.1. The molecule has 0 spiro atoms. The van der Waals surface area contributed by atoms with Crippen LogP contribution in [0.2, 0.25) is 5.02 Å². The minimum atomic E-state index is -3.04. The molecule has 2 fully saturated rings. The summed E-state index contributed by atoms with van der Waals surface area (Å²) in [6.45, 7) is 6.64. The van der Waals surface area contributed by atoms with Gasteiger partial charge in [0.25, 0.3) is 0 Å². The highest BCUT2D eigenvalue weighted by Gasteiger charge is 2.30. The van der Waals surface area contributed by atoms with Crippen LogP contribution in [0.4, 0.5) is 20.2 Å². The van der Waals surface area contributed by atoms with Gasteiger partial charge < -0.3 is 29.4 Å². The Bertz CT molecular complexity index is 2720. The number of aromatic nitrogens is 4.